The molecule has 0 radical (unpaired) electrons. The van der Waals surface area contributed by atoms with Crippen LogP contribution in [-0.2, 0) is 7.05 Å². The number of hydrogen-bond acceptors (Lipinski definition) is 4. The molecule has 0 aliphatic heterocycles. The van der Waals surface area contributed by atoms with Gasteiger partial charge in [-0.1, -0.05) is 11.2 Å². The first-order valence-electron chi connectivity index (χ1n) is 6.32. The minimum absolute atomic E-state index is 0.113. The highest BCUT2D eigenvalue weighted by Gasteiger charge is 2.16. The molecule has 0 bridgehead atoms. The maximum absolute atomic E-state index is 12.3. The number of anilines is 1. The number of amides is 1. The molecule has 0 fully saturated rings. The number of carbonyl (C=O) groups is 1. The van der Waals surface area contributed by atoms with E-state index >= 15 is 0 Å². The van der Waals surface area contributed by atoms with E-state index in [-0.39, 0.29) is 11.7 Å². The van der Waals surface area contributed by atoms with Gasteiger partial charge in [-0.2, -0.15) is 5.10 Å². The zero-order chi connectivity index (χ0) is 15.6. The summed E-state index contributed by atoms with van der Waals surface area (Å²) in [6.07, 6.45) is 1.42. The average Bonchev–Trinajstić information content (AvgIpc) is 2.82. The van der Waals surface area contributed by atoms with Crippen LogP contribution in [0.3, 0.4) is 0 Å². The number of nitrogens with zero attached hydrogens (tertiary/aromatic N) is 3. The number of nitrogens with one attached hydrogen (secondary N) is 1. The number of rotatable bonds is 3. The van der Waals surface area contributed by atoms with Crippen LogP contribution in [0.2, 0.25) is 0 Å². The normalized spacial score (nSPS) is 11.5. The van der Waals surface area contributed by atoms with Crippen molar-refractivity contribution in [3.63, 3.8) is 0 Å². The van der Waals surface area contributed by atoms with Crippen LogP contribution in [0.4, 0.5) is 5.82 Å². The molecule has 1 aromatic heterocycles. The second kappa shape index (κ2) is 5.66. The monoisotopic (exact) mass is 287 g/mol. The molecular weight excluding hydrogens is 270 g/mol. The molecule has 0 aliphatic carbocycles. The number of benzene rings is 1. The van der Waals surface area contributed by atoms with E-state index in [1.807, 2.05) is 26.0 Å². The summed E-state index contributed by atoms with van der Waals surface area (Å²) >= 11 is 0. The smallest absolute Gasteiger partial charge is 0.256 e. The molecule has 7 nitrogen and oxygen atoms in total. The van der Waals surface area contributed by atoms with Gasteiger partial charge in [-0.15, -0.1) is 0 Å². The first-order valence-corrected chi connectivity index (χ1v) is 6.32. The number of nitrogens with two attached hydrogens (primary N) is 1. The Morgan fingerprint density at radius 1 is 1.38 bits per heavy atom. The van der Waals surface area contributed by atoms with E-state index in [0.29, 0.717) is 16.9 Å². The molecule has 1 heterocycles. The molecule has 21 heavy (non-hydrogen) atoms. The Morgan fingerprint density at radius 3 is 2.71 bits per heavy atom. The molecule has 0 unspecified atom stereocenters. The van der Waals surface area contributed by atoms with Crippen molar-refractivity contribution >= 4 is 17.6 Å². The molecule has 0 aliphatic rings. The Morgan fingerprint density at radius 2 is 2.10 bits per heavy atom. The quantitative estimate of drug-likeness (QED) is 0.343. The molecule has 4 N–H and O–H groups in total. The van der Waals surface area contributed by atoms with Gasteiger partial charge in [-0.3, -0.25) is 9.48 Å². The lowest BCUT2D eigenvalue weighted by atomic mass is 10.1. The van der Waals surface area contributed by atoms with Crippen LogP contribution in [0.1, 0.15) is 27.0 Å². The summed E-state index contributed by atoms with van der Waals surface area (Å²) in [7, 11) is 1.66. The van der Waals surface area contributed by atoms with Gasteiger partial charge in [0.2, 0.25) is 0 Å². The Labute approximate surface area is 122 Å². The molecule has 7 heteroatoms. The summed E-state index contributed by atoms with van der Waals surface area (Å²) in [5, 5.41) is 18.4. The van der Waals surface area contributed by atoms with E-state index in [4.69, 9.17) is 10.9 Å². The second-order valence-corrected chi connectivity index (χ2v) is 4.77. The van der Waals surface area contributed by atoms with Crippen molar-refractivity contribution in [3.05, 3.63) is 46.6 Å². The van der Waals surface area contributed by atoms with E-state index < -0.39 is 0 Å². The highest BCUT2D eigenvalue weighted by molar-refractivity contribution is 6.09. The molecule has 0 saturated carbocycles. The van der Waals surface area contributed by atoms with Gasteiger partial charge >= 0.3 is 0 Å². The minimum Gasteiger partial charge on any atom is -0.409 e. The minimum atomic E-state index is -0.284. The third-order valence-electron chi connectivity index (χ3n) is 3.32. The maximum Gasteiger partial charge on any atom is 0.256 e. The molecule has 1 amide bonds. The number of carbonyl (C=O) groups excluding carboxylic acids is 1. The molecular formula is C14H17N5O2. The standard InChI is InChI=1S/C14H17N5O2/c1-8-4-5-10(6-9(8)2)14(20)17-13-11(12(15)18-21)7-16-19(13)3/h4-7,21H,1-3H3,(H2,15,18)(H,17,20). The summed E-state index contributed by atoms with van der Waals surface area (Å²) in [6.45, 7) is 3.92. The van der Waals surface area contributed by atoms with Gasteiger partial charge in [0, 0.05) is 12.6 Å². The van der Waals surface area contributed by atoms with Gasteiger partial charge in [-0.05, 0) is 37.1 Å². The van der Waals surface area contributed by atoms with Crippen LogP contribution < -0.4 is 11.1 Å². The summed E-state index contributed by atoms with van der Waals surface area (Å²) in [4.78, 5) is 12.3. The Kier molecular flexibility index (Phi) is 3.93. The van der Waals surface area contributed by atoms with Crippen molar-refractivity contribution < 1.29 is 10.0 Å². The predicted octanol–water partition coefficient (Wildman–Crippen LogP) is 1.38. The Bertz CT molecular complexity index is 718. The average molecular weight is 287 g/mol. The van der Waals surface area contributed by atoms with Gasteiger partial charge in [-0.25, -0.2) is 0 Å². The topological polar surface area (TPSA) is 106 Å². The van der Waals surface area contributed by atoms with Crippen molar-refractivity contribution in [2.24, 2.45) is 17.9 Å². The molecule has 110 valence electrons. The van der Waals surface area contributed by atoms with Gasteiger partial charge in [0.25, 0.3) is 5.91 Å². The molecule has 0 saturated heterocycles. The predicted molar refractivity (Wildman–Crippen MR) is 79.6 cm³/mol. The molecule has 2 aromatic rings. The van der Waals surface area contributed by atoms with E-state index in [0.717, 1.165) is 11.1 Å². The molecule has 2 rings (SSSR count). The zero-order valence-electron chi connectivity index (χ0n) is 12.1. The van der Waals surface area contributed by atoms with Crippen molar-refractivity contribution in [3.8, 4) is 0 Å². The van der Waals surface area contributed by atoms with E-state index in [9.17, 15) is 4.79 Å². The SMILES string of the molecule is Cc1ccc(C(=O)Nc2c(C(N)=NO)cnn2C)cc1C. The van der Waals surface area contributed by atoms with E-state index in [1.165, 1.54) is 10.9 Å². The van der Waals surface area contributed by atoms with Crippen LogP contribution in [0.25, 0.3) is 0 Å². The lowest BCUT2D eigenvalue weighted by molar-refractivity contribution is 0.102. The van der Waals surface area contributed by atoms with Crippen molar-refractivity contribution in [2.75, 3.05) is 5.32 Å². The highest BCUT2D eigenvalue weighted by atomic mass is 16.4. The van der Waals surface area contributed by atoms with Crippen LogP contribution in [0.5, 0.6) is 0 Å². The van der Waals surface area contributed by atoms with Crippen LogP contribution in [0.15, 0.2) is 29.6 Å². The maximum atomic E-state index is 12.3. The number of hydrogen-bond donors (Lipinski definition) is 3. The molecule has 0 atom stereocenters. The van der Waals surface area contributed by atoms with Gasteiger partial charge in [0.05, 0.1) is 11.8 Å². The number of oxime groups is 1. The first-order chi connectivity index (χ1) is 9.93. The third kappa shape index (κ3) is 2.86. The van der Waals surface area contributed by atoms with Crippen molar-refractivity contribution in [1.82, 2.24) is 9.78 Å². The zero-order valence-corrected chi connectivity index (χ0v) is 12.1. The van der Waals surface area contributed by atoms with Crippen LogP contribution in [0, 0.1) is 13.8 Å². The Hall–Kier alpha value is -2.83. The lowest BCUT2D eigenvalue weighted by Gasteiger charge is -2.09. The fourth-order valence-corrected chi connectivity index (χ4v) is 1.89. The molecule has 1 aromatic carbocycles. The van der Waals surface area contributed by atoms with Crippen LogP contribution in [-0.4, -0.2) is 26.7 Å². The summed E-state index contributed by atoms with van der Waals surface area (Å²) in [6, 6.07) is 5.44. The van der Waals surface area contributed by atoms with E-state index in [1.54, 1.807) is 13.1 Å². The number of aromatic nitrogens is 2. The Balaban J connectivity index is 2.31. The number of aryl methyl sites for hydroxylation is 3. The van der Waals surface area contributed by atoms with Gasteiger partial charge in [0.1, 0.15) is 5.82 Å². The lowest BCUT2D eigenvalue weighted by Crippen LogP contribution is -2.20. The summed E-state index contributed by atoms with van der Waals surface area (Å²) in [5.74, 6) is -0.0271. The first kappa shape index (κ1) is 14.6. The largest absolute Gasteiger partial charge is 0.409 e. The second-order valence-electron chi connectivity index (χ2n) is 4.77. The van der Waals surface area contributed by atoms with Crippen molar-refractivity contribution in [1.29, 1.82) is 0 Å². The van der Waals surface area contributed by atoms with Gasteiger partial charge < -0.3 is 16.3 Å². The number of amidine groups is 1. The van der Waals surface area contributed by atoms with E-state index in [2.05, 4.69) is 15.6 Å². The van der Waals surface area contributed by atoms with Gasteiger partial charge in [0.15, 0.2) is 5.84 Å². The summed E-state index contributed by atoms with van der Waals surface area (Å²) in [5.41, 5.74) is 8.60. The third-order valence-corrected chi connectivity index (χ3v) is 3.32. The van der Waals surface area contributed by atoms with Crippen molar-refractivity contribution in [2.45, 2.75) is 13.8 Å². The van der Waals surface area contributed by atoms with Crippen LogP contribution >= 0.6 is 0 Å². The summed E-state index contributed by atoms with van der Waals surface area (Å²) < 4.78 is 1.45. The fraction of sp³-hybridized carbons (Fsp3) is 0.214. The fourth-order valence-electron chi connectivity index (χ4n) is 1.89. The molecule has 0 spiro atoms. The highest BCUT2D eigenvalue weighted by Crippen LogP contribution is 2.16.